The Hall–Kier alpha value is -3.20. The largest absolute Gasteiger partial charge is 0.353 e. The summed E-state index contributed by atoms with van der Waals surface area (Å²) in [5.74, 6) is 0.502. The van der Waals surface area contributed by atoms with E-state index in [2.05, 4.69) is 25.7 Å². The minimum absolute atomic E-state index is 0.0189. The van der Waals surface area contributed by atoms with Crippen LogP contribution in [0.15, 0.2) is 47.9 Å². The zero-order valence-electron chi connectivity index (χ0n) is 20.5. The number of anilines is 1. The molecular weight excluding hydrogens is 460 g/mol. The van der Waals surface area contributed by atoms with Gasteiger partial charge in [-0.05, 0) is 56.9 Å². The third kappa shape index (κ3) is 6.28. The predicted octanol–water partition coefficient (Wildman–Crippen LogP) is 4.70. The summed E-state index contributed by atoms with van der Waals surface area (Å²) in [4.78, 5) is 34.6. The fraction of sp³-hybridized carbons (Fsp3) is 0.423. The summed E-state index contributed by atoms with van der Waals surface area (Å²) >= 11 is 1.30. The van der Waals surface area contributed by atoms with Crippen LogP contribution in [0.25, 0.3) is 11.4 Å². The van der Waals surface area contributed by atoms with Gasteiger partial charge >= 0.3 is 0 Å². The van der Waals surface area contributed by atoms with E-state index in [1.165, 1.54) is 18.2 Å². The molecule has 0 spiro atoms. The Morgan fingerprint density at radius 1 is 1.09 bits per heavy atom. The van der Waals surface area contributed by atoms with Crippen molar-refractivity contribution in [3.63, 3.8) is 0 Å². The van der Waals surface area contributed by atoms with Gasteiger partial charge in [-0.2, -0.15) is 0 Å². The molecule has 1 unspecified atom stereocenters. The van der Waals surface area contributed by atoms with Gasteiger partial charge in [0.2, 0.25) is 11.8 Å². The number of hydrogen-bond acceptors (Lipinski definition) is 6. The van der Waals surface area contributed by atoms with Crippen LogP contribution in [0.2, 0.25) is 0 Å². The molecule has 1 saturated carbocycles. The predicted molar refractivity (Wildman–Crippen MR) is 138 cm³/mol. The molecule has 0 radical (unpaired) electrons. The number of carbonyl (C=O) groups is 2. The molecule has 2 amide bonds. The highest BCUT2D eigenvalue weighted by atomic mass is 32.2. The maximum atomic E-state index is 13.2. The van der Waals surface area contributed by atoms with Gasteiger partial charge in [0, 0.05) is 29.7 Å². The molecule has 0 bridgehead atoms. The number of aromatic nitrogens is 4. The Morgan fingerprint density at radius 2 is 1.77 bits per heavy atom. The van der Waals surface area contributed by atoms with Gasteiger partial charge in [0.05, 0.1) is 5.75 Å². The first kappa shape index (κ1) is 24.9. The molecule has 2 aromatic heterocycles. The molecule has 1 aliphatic rings. The van der Waals surface area contributed by atoms with Crippen LogP contribution in [0.1, 0.15) is 56.2 Å². The number of carbonyl (C=O) groups excluding carboxylic acids is 2. The van der Waals surface area contributed by atoms with Crippen LogP contribution in [-0.2, 0) is 9.59 Å². The van der Waals surface area contributed by atoms with E-state index in [0.29, 0.717) is 11.0 Å². The zero-order valence-corrected chi connectivity index (χ0v) is 21.3. The molecule has 2 heterocycles. The Kier molecular flexibility index (Phi) is 8.17. The molecule has 2 N–H and O–H groups in total. The van der Waals surface area contributed by atoms with Crippen molar-refractivity contribution >= 4 is 29.3 Å². The van der Waals surface area contributed by atoms with Crippen LogP contribution < -0.4 is 10.6 Å². The molecule has 1 aromatic carbocycles. The number of benzene rings is 1. The van der Waals surface area contributed by atoms with Crippen LogP contribution in [0.4, 0.5) is 5.69 Å². The molecule has 184 valence electrons. The van der Waals surface area contributed by atoms with Gasteiger partial charge in [-0.15, -0.1) is 5.10 Å². The average molecular weight is 493 g/mol. The van der Waals surface area contributed by atoms with E-state index in [-0.39, 0.29) is 23.6 Å². The van der Waals surface area contributed by atoms with Crippen molar-refractivity contribution in [2.75, 3.05) is 11.1 Å². The molecule has 1 fully saturated rings. The highest BCUT2D eigenvalue weighted by Crippen LogP contribution is 2.27. The third-order valence-electron chi connectivity index (χ3n) is 6.32. The second-order valence-electron chi connectivity index (χ2n) is 9.02. The fourth-order valence-corrected chi connectivity index (χ4v) is 5.11. The van der Waals surface area contributed by atoms with Crippen LogP contribution in [0.5, 0.6) is 0 Å². The number of hydrogen-bond donors (Lipinski definition) is 2. The molecule has 1 atom stereocenters. The molecule has 0 aliphatic heterocycles. The third-order valence-corrected chi connectivity index (χ3v) is 7.26. The van der Waals surface area contributed by atoms with Crippen molar-refractivity contribution in [2.24, 2.45) is 0 Å². The molecule has 3 aromatic rings. The van der Waals surface area contributed by atoms with Gasteiger partial charge in [0.25, 0.3) is 0 Å². The molecule has 35 heavy (non-hydrogen) atoms. The monoisotopic (exact) mass is 492 g/mol. The van der Waals surface area contributed by atoms with E-state index in [4.69, 9.17) is 0 Å². The van der Waals surface area contributed by atoms with E-state index >= 15 is 0 Å². The molecular formula is C26H32N6O2S. The quantitative estimate of drug-likeness (QED) is 0.442. The molecule has 9 heteroatoms. The van der Waals surface area contributed by atoms with Gasteiger partial charge in [-0.1, -0.05) is 49.2 Å². The average Bonchev–Trinajstić information content (AvgIpc) is 3.30. The van der Waals surface area contributed by atoms with E-state index in [1.54, 1.807) is 24.0 Å². The van der Waals surface area contributed by atoms with Crippen molar-refractivity contribution in [3.8, 4) is 11.4 Å². The van der Waals surface area contributed by atoms with Gasteiger partial charge in [0.1, 0.15) is 6.04 Å². The van der Waals surface area contributed by atoms with E-state index in [0.717, 1.165) is 48.1 Å². The number of nitrogens with zero attached hydrogens (tertiary/aromatic N) is 4. The number of para-hydroxylation sites is 1. The smallest absolute Gasteiger partial charge is 0.249 e. The number of nitrogens with one attached hydrogen (secondary N) is 2. The maximum absolute atomic E-state index is 13.2. The number of amides is 2. The Balaban J connectivity index is 1.52. The lowest BCUT2D eigenvalue weighted by Crippen LogP contribution is -2.37. The summed E-state index contributed by atoms with van der Waals surface area (Å²) in [7, 11) is 0. The van der Waals surface area contributed by atoms with Crippen molar-refractivity contribution in [3.05, 3.63) is 53.9 Å². The van der Waals surface area contributed by atoms with Crippen LogP contribution in [0.3, 0.4) is 0 Å². The first-order valence-corrected chi connectivity index (χ1v) is 13.1. The van der Waals surface area contributed by atoms with Gasteiger partial charge in [-0.25, -0.2) is 9.67 Å². The van der Waals surface area contributed by atoms with Crippen LogP contribution in [-0.4, -0.2) is 43.4 Å². The lowest BCUT2D eigenvalue weighted by Gasteiger charge is -2.22. The fourth-order valence-electron chi connectivity index (χ4n) is 4.28. The summed E-state index contributed by atoms with van der Waals surface area (Å²) in [6.07, 6.45) is 8.99. The topological polar surface area (TPSA) is 102 Å². The second kappa shape index (κ2) is 11.5. The Labute approximate surface area is 210 Å². The molecule has 8 nitrogen and oxygen atoms in total. The molecule has 1 aliphatic carbocycles. The zero-order chi connectivity index (χ0) is 24.8. The standard InChI is InChI=1S/C26H32N6O2S/c1-17-8-7-9-18(2)23(17)29-25(34)19(3)32-26(30-24(31-32)20-12-14-27-15-13-20)35-16-22(33)28-21-10-5-4-6-11-21/h7-9,12-15,19,21H,4-6,10-11,16H2,1-3H3,(H,28,33)(H,29,34). The second-order valence-corrected chi connectivity index (χ2v) is 9.96. The normalized spacial score (nSPS) is 14.9. The lowest BCUT2D eigenvalue weighted by molar-refractivity contribution is -0.120. The number of aryl methyl sites for hydroxylation is 2. The van der Waals surface area contributed by atoms with Gasteiger partial charge in [-0.3, -0.25) is 14.6 Å². The molecule has 4 rings (SSSR count). The SMILES string of the molecule is Cc1cccc(C)c1NC(=O)C(C)n1nc(-c2ccncc2)nc1SCC(=O)NC1CCCCC1. The van der Waals surface area contributed by atoms with E-state index in [1.807, 2.05) is 44.2 Å². The van der Waals surface area contributed by atoms with Crippen molar-refractivity contribution < 1.29 is 9.59 Å². The highest BCUT2D eigenvalue weighted by Gasteiger charge is 2.24. The maximum Gasteiger partial charge on any atom is 0.249 e. The minimum atomic E-state index is -0.624. The summed E-state index contributed by atoms with van der Waals surface area (Å²) in [6, 6.07) is 9.18. The van der Waals surface area contributed by atoms with Crippen LogP contribution >= 0.6 is 11.8 Å². The summed E-state index contributed by atoms with van der Waals surface area (Å²) in [6.45, 7) is 5.73. The van der Waals surface area contributed by atoms with Crippen molar-refractivity contribution in [1.29, 1.82) is 0 Å². The molecule has 0 saturated heterocycles. The minimum Gasteiger partial charge on any atom is -0.353 e. The lowest BCUT2D eigenvalue weighted by atomic mass is 9.95. The van der Waals surface area contributed by atoms with E-state index in [9.17, 15) is 9.59 Å². The number of rotatable bonds is 8. The summed E-state index contributed by atoms with van der Waals surface area (Å²) in [5, 5.41) is 11.4. The van der Waals surface area contributed by atoms with Crippen molar-refractivity contribution in [2.45, 2.75) is 70.1 Å². The Bertz CT molecular complexity index is 1150. The first-order chi connectivity index (χ1) is 16.9. The summed E-state index contributed by atoms with van der Waals surface area (Å²) in [5.41, 5.74) is 3.60. The number of thioether (sulfide) groups is 1. The summed E-state index contributed by atoms with van der Waals surface area (Å²) < 4.78 is 1.61. The first-order valence-electron chi connectivity index (χ1n) is 12.1. The van der Waals surface area contributed by atoms with Gasteiger partial charge < -0.3 is 10.6 Å². The van der Waals surface area contributed by atoms with Crippen molar-refractivity contribution in [1.82, 2.24) is 25.1 Å². The highest BCUT2D eigenvalue weighted by molar-refractivity contribution is 7.99. The van der Waals surface area contributed by atoms with E-state index < -0.39 is 6.04 Å². The van der Waals surface area contributed by atoms with Crippen LogP contribution in [0, 0.1) is 13.8 Å². The number of pyridine rings is 1. The Morgan fingerprint density at radius 3 is 2.46 bits per heavy atom. The van der Waals surface area contributed by atoms with Gasteiger partial charge in [0.15, 0.2) is 11.0 Å².